The van der Waals surface area contributed by atoms with E-state index in [9.17, 15) is 0 Å². The zero-order chi connectivity index (χ0) is 10.8. The van der Waals surface area contributed by atoms with Crippen LogP contribution in [0.25, 0.3) is 0 Å². The molecule has 0 aromatic heterocycles. The lowest BCUT2D eigenvalue weighted by molar-refractivity contribution is 0.169. The van der Waals surface area contributed by atoms with Gasteiger partial charge in [0.15, 0.2) is 11.5 Å². The van der Waals surface area contributed by atoms with Crippen LogP contribution in [0.5, 0.6) is 11.5 Å². The molecule has 0 amide bonds. The minimum atomic E-state index is 0.307. The zero-order valence-corrected chi connectivity index (χ0v) is 9.25. The fraction of sp³-hybridized carbons (Fsp3) is 0.500. The van der Waals surface area contributed by atoms with Gasteiger partial charge in [0.2, 0.25) is 0 Å². The molecule has 3 nitrogen and oxygen atoms in total. The third kappa shape index (κ3) is 1.79. The van der Waals surface area contributed by atoms with Gasteiger partial charge in [-0.2, -0.15) is 0 Å². The maximum absolute atomic E-state index is 5.71. The number of nitrogens with two attached hydrogens (primary N) is 1. The van der Waals surface area contributed by atoms with Crippen LogP contribution in [-0.4, -0.2) is 19.8 Å². The molecule has 1 aliphatic heterocycles. The molecule has 2 N–H and O–H groups in total. The summed E-state index contributed by atoms with van der Waals surface area (Å²) in [7, 11) is 0. The molecule has 1 aromatic carbocycles. The van der Waals surface area contributed by atoms with Crippen molar-refractivity contribution in [2.24, 2.45) is 5.73 Å². The third-order valence-electron chi connectivity index (χ3n) is 2.81. The number of rotatable bonds is 2. The summed E-state index contributed by atoms with van der Waals surface area (Å²) >= 11 is 0. The number of aryl methyl sites for hydroxylation is 1. The fourth-order valence-electron chi connectivity index (χ4n) is 1.97. The molecule has 1 aliphatic rings. The van der Waals surface area contributed by atoms with Gasteiger partial charge in [0.1, 0.15) is 13.2 Å². The minimum absolute atomic E-state index is 0.307. The van der Waals surface area contributed by atoms with E-state index in [2.05, 4.69) is 19.9 Å². The average molecular weight is 207 g/mol. The highest BCUT2D eigenvalue weighted by molar-refractivity contribution is 5.52. The largest absolute Gasteiger partial charge is 0.486 e. The van der Waals surface area contributed by atoms with Gasteiger partial charge in [0.05, 0.1) is 0 Å². The average Bonchev–Trinajstić information content (AvgIpc) is 2.28. The highest BCUT2D eigenvalue weighted by Crippen LogP contribution is 2.39. The second kappa shape index (κ2) is 4.11. The molecule has 0 fully saturated rings. The molecular weight excluding hydrogens is 190 g/mol. The summed E-state index contributed by atoms with van der Waals surface area (Å²) in [6, 6.07) is 4.03. The molecule has 1 aromatic rings. The van der Waals surface area contributed by atoms with Crippen molar-refractivity contribution in [1.82, 2.24) is 0 Å². The molecule has 0 saturated carbocycles. The zero-order valence-electron chi connectivity index (χ0n) is 9.25. The van der Waals surface area contributed by atoms with Crippen molar-refractivity contribution in [3.63, 3.8) is 0 Å². The third-order valence-corrected chi connectivity index (χ3v) is 2.81. The van der Waals surface area contributed by atoms with Crippen molar-refractivity contribution >= 4 is 0 Å². The monoisotopic (exact) mass is 207 g/mol. The predicted octanol–water partition coefficient (Wildman–Crippen LogP) is 1.83. The molecule has 2 rings (SSSR count). The lowest BCUT2D eigenvalue weighted by Gasteiger charge is -2.24. The van der Waals surface area contributed by atoms with E-state index in [0.717, 1.165) is 11.5 Å². The van der Waals surface area contributed by atoms with E-state index in [-0.39, 0.29) is 0 Å². The molecule has 1 heterocycles. The van der Waals surface area contributed by atoms with Gasteiger partial charge in [0.25, 0.3) is 0 Å². The Bertz CT molecular complexity index is 363. The van der Waals surface area contributed by atoms with E-state index in [0.29, 0.717) is 25.7 Å². The topological polar surface area (TPSA) is 44.5 Å². The number of fused-ring (bicyclic) bond motifs is 1. The first-order valence-electron chi connectivity index (χ1n) is 5.33. The van der Waals surface area contributed by atoms with Gasteiger partial charge in [-0.3, -0.25) is 0 Å². The molecule has 0 aliphatic carbocycles. The Hall–Kier alpha value is -1.22. The van der Waals surface area contributed by atoms with Crippen molar-refractivity contribution in [2.45, 2.75) is 19.8 Å². The molecule has 82 valence electrons. The van der Waals surface area contributed by atoms with Gasteiger partial charge >= 0.3 is 0 Å². The molecule has 3 heteroatoms. The summed E-state index contributed by atoms with van der Waals surface area (Å²) in [5, 5.41) is 0. The molecule has 0 bridgehead atoms. The summed E-state index contributed by atoms with van der Waals surface area (Å²) in [5.74, 6) is 2.04. The van der Waals surface area contributed by atoms with E-state index in [1.165, 1.54) is 11.1 Å². The Labute approximate surface area is 90.2 Å². The van der Waals surface area contributed by atoms with Gasteiger partial charge in [-0.15, -0.1) is 0 Å². The molecular formula is C12H17NO2. The van der Waals surface area contributed by atoms with E-state index >= 15 is 0 Å². The summed E-state index contributed by atoms with van der Waals surface area (Å²) in [6.07, 6.45) is 0. The van der Waals surface area contributed by atoms with E-state index in [4.69, 9.17) is 15.2 Å². The van der Waals surface area contributed by atoms with Crippen molar-refractivity contribution in [3.8, 4) is 11.5 Å². The van der Waals surface area contributed by atoms with E-state index in [1.807, 2.05) is 6.07 Å². The molecule has 0 spiro atoms. The number of benzene rings is 1. The summed E-state index contributed by atoms with van der Waals surface area (Å²) in [4.78, 5) is 0. The highest BCUT2D eigenvalue weighted by Gasteiger charge is 2.20. The van der Waals surface area contributed by atoms with Crippen molar-refractivity contribution in [1.29, 1.82) is 0 Å². The summed E-state index contributed by atoms with van der Waals surface area (Å²) < 4.78 is 11.2. The Morgan fingerprint density at radius 3 is 2.80 bits per heavy atom. The number of hydrogen-bond acceptors (Lipinski definition) is 3. The second-order valence-corrected chi connectivity index (χ2v) is 3.96. The van der Waals surface area contributed by atoms with Crippen LogP contribution >= 0.6 is 0 Å². The summed E-state index contributed by atoms with van der Waals surface area (Å²) in [6.45, 7) is 6.08. The first-order valence-corrected chi connectivity index (χ1v) is 5.33. The second-order valence-electron chi connectivity index (χ2n) is 3.96. The Kier molecular flexibility index (Phi) is 2.82. The molecule has 15 heavy (non-hydrogen) atoms. The van der Waals surface area contributed by atoms with Crippen LogP contribution in [0.4, 0.5) is 0 Å². The van der Waals surface area contributed by atoms with Crippen LogP contribution in [0.1, 0.15) is 24.0 Å². The molecule has 0 radical (unpaired) electrons. The normalized spacial score (nSPS) is 16.2. The predicted molar refractivity (Wildman–Crippen MR) is 59.6 cm³/mol. The van der Waals surface area contributed by atoms with Crippen molar-refractivity contribution in [3.05, 3.63) is 23.3 Å². The smallest absolute Gasteiger partial charge is 0.165 e. The van der Waals surface area contributed by atoms with Crippen LogP contribution in [0, 0.1) is 6.92 Å². The Balaban J connectivity index is 2.50. The van der Waals surface area contributed by atoms with Gasteiger partial charge in [-0.1, -0.05) is 13.0 Å². The number of ether oxygens (including phenoxy) is 2. The lowest BCUT2D eigenvalue weighted by Crippen LogP contribution is -2.19. The molecule has 0 saturated heterocycles. The molecule has 1 atom stereocenters. The Morgan fingerprint density at radius 1 is 1.33 bits per heavy atom. The van der Waals surface area contributed by atoms with Crippen LogP contribution in [0.15, 0.2) is 12.1 Å². The Morgan fingerprint density at radius 2 is 2.07 bits per heavy atom. The summed E-state index contributed by atoms with van der Waals surface area (Å²) in [5.41, 5.74) is 8.12. The maximum atomic E-state index is 5.71. The first kappa shape index (κ1) is 10.3. The van der Waals surface area contributed by atoms with Gasteiger partial charge in [0, 0.05) is 5.56 Å². The van der Waals surface area contributed by atoms with E-state index in [1.54, 1.807) is 0 Å². The van der Waals surface area contributed by atoms with Crippen LogP contribution < -0.4 is 15.2 Å². The molecule has 1 unspecified atom stereocenters. The van der Waals surface area contributed by atoms with Crippen LogP contribution in [0.3, 0.4) is 0 Å². The maximum Gasteiger partial charge on any atom is 0.165 e. The standard InChI is InChI=1S/C12H17NO2/c1-8-3-4-10-12(15-6-5-14-10)11(8)9(2)7-13/h3-4,9H,5-7,13H2,1-2H3. The minimum Gasteiger partial charge on any atom is -0.486 e. The van der Waals surface area contributed by atoms with Crippen LogP contribution in [-0.2, 0) is 0 Å². The van der Waals surface area contributed by atoms with Crippen molar-refractivity contribution < 1.29 is 9.47 Å². The van der Waals surface area contributed by atoms with Crippen LogP contribution in [0.2, 0.25) is 0 Å². The van der Waals surface area contributed by atoms with Crippen molar-refractivity contribution in [2.75, 3.05) is 19.8 Å². The van der Waals surface area contributed by atoms with Gasteiger partial charge in [-0.05, 0) is 31.0 Å². The quantitative estimate of drug-likeness (QED) is 0.804. The fourth-order valence-corrected chi connectivity index (χ4v) is 1.97. The number of hydrogen-bond donors (Lipinski definition) is 1. The van der Waals surface area contributed by atoms with Gasteiger partial charge < -0.3 is 15.2 Å². The highest BCUT2D eigenvalue weighted by atomic mass is 16.6. The first-order chi connectivity index (χ1) is 7.24. The SMILES string of the molecule is Cc1ccc2c(c1C(C)CN)OCCO2. The van der Waals surface area contributed by atoms with Gasteiger partial charge in [-0.25, -0.2) is 0 Å². The lowest BCUT2D eigenvalue weighted by atomic mass is 9.95. The van der Waals surface area contributed by atoms with E-state index < -0.39 is 0 Å².